The number of anilines is 1. The predicted molar refractivity (Wildman–Crippen MR) is 123 cm³/mol. The topological polar surface area (TPSA) is 110 Å². The quantitative estimate of drug-likeness (QED) is 0.563. The van der Waals surface area contributed by atoms with E-state index in [2.05, 4.69) is 10.3 Å². The van der Waals surface area contributed by atoms with Gasteiger partial charge in [0.2, 0.25) is 15.9 Å². The summed E-state index contributed by atoms with van der Waals surface area (Å²) in [5.74, 6) is -0.661. The molecule has 0 atom stereocenters. The Morgan fingerprint density at radius 3 is 2.44 bits per heavy atom. The summed E-state index contributed by atoms with van der Waals surface area (Å²) in [5, 5.41) is 2.74. The van der Waals surface area contributed by atoms with Crippen LogP contribution in [0, 0.1) is 0 Å². The number of carbonyl (C=O) groups excluding carboxylic acids is 2. The zero-order chi connectivity index (χ0) is 23.5. The normalized spacial score (nSPS) is 12.5. The zero-order valence-corrected chi connectivity index (χ0v) is 19.8. The average Bonchev–Trinajstić information content (AvgIpc) is 3.07. The van der Waals surface area contributed by atoms with Gasteiger partial charge < -0.3 is 14.6 Å². The maximum Gasteiger partial charge on any atom is 0.279 e. The van der Waals surface area contributed by atoms with E-state index < -0.39 is 15.9 Å². The Balaban J connectivity index is 2.02. The summed E-state index contributed by atoms with van der Waals surface area (Å²) in [6.45, 7) is 2.35. The lowest BCUT2D eigenvalue weighted by atomic mass is 10.2. The maximum absolute atomic E-state index is 12.8. The molecule has 170 valence electrons. The molecule has 9 nitrogen and oxygen atoms in total. The van der Waals surface area contributed by atoms with Crippen LogP contribution in [0.2, 0.25) is 0 Å². The fourth-order valence-corrected chi connectivity index (χ4v) is 4.97. The summed E-state index contributed by atoms with van der Waals surface area (Å²) < 4.78 is 33.5. The second kappa shape index (κ2) is 9.74. The SMILES string of the molecule is COCCn1c(=NC(=O)c2ccc(S(=O)(=O)N(C)C)cc2)sc2cc(NC(C)=O)ccc21. The standard InChI is InChI=1S/C21H24N4O5S2/c1-14(26)22-16-7-10-18-19(13-16)31-21(25(18)11-12-30-4)23-20(27)15-5-8-17(9-6-15)32(28,29)24(2)3/h5-10,13H,11-12H2,1-4H3,(H,22,26). The number of methoxy groups -OCH3 is 1. The van der Waals surface area contributed by atoms with Crippen molar-refractivity contribution in [2.45, 2.75) is 18.4 Å². The third kappa shape index (κ3) is 5.13. The summed E-state index contributed by atoms with van der Waals surface area (Å²) in [5.41, 5.74) is 1.79. The average molecular weight is 477 g/mol. The van der Waals surface area contributed by atoms with Crippen molar-refractivity contribution in [1.82, 2.24) is 8.87 Å². The van der Waals surface area contributed by atoms with Crippen LogP contribution < -0.4 is 10.1 Å². The molecule has 0 saturated carbocycles. The van der Waals surface area contributed by atoms with Crippen LogP contribution in [0.5, 0.6) is 0 Å². The molecule has 1 aromatic heterocycles. The van der Waals surface area contributed by atoms with Gasteiger partial charge in [-0.1, -0.05) is 11.3 Å². The molecule has 11 heteroatoms. The van der Waals surface area contributed by atoms with Crippen LogP contribution in [0.25, 0.3) is 10.2 Å². The Kier molecular flexibility index (Phi) is 7.24. The minimum absolute atomic E-state index is 0.0987. The number of fused-ring (bicyclic) bond motifs is 1. The highest BCUT2D eigenvalue weighted by molar-refractivity contribution is 7.89. The summed E-state index contributed by atoms with van der Waals surface area (Å²) in [6.07, 6.45) is 0. The van der Waals surface area contributed by atoms with Gasteiger partial charge in [0.25, 0.3) is 5.91 Å². The number of hydrogen-bond donors (Lipinski definition) is 1. The molecule has 1 N–H and O–H groups in total. The number of thiazole rings is 1. The van der Waals surface area contributed by atoms with E-state index in [0.717, 1.165) is 14.5 Å². The van der Waals surface area contributed by atoms with Gasteiger partial charge >= 0.3 is 0 Å². The minimum atomic E-state index is -3.58. The number of amides is 2. The number of nitrogens with one attached hydrogen (secondary N) is 1. The molecule has 32 heavy (non-hydrogen) atoms. The van der Waals surface area contributed by atoms with E-state index in [1.807, 2.05) is 16.7 Å². The van der Waals surface area contributed by atoms with Gasteiger partial charge in [0, 0.05) is 45.9 Å². The summed E-state index contributed by atoms with van der Waals surface area (Å²) in [4.78, 5) is 29.0. The van der Waals surface area contributed by atoms with E-state index in [4.69, 9.17) is 4.74 Å². The Hall–Kier alpha value is -2.86. The number of carbonyl (C=O) groups is 2. The van der Waals surface area contributed by atoms with E-state index in [1.54, 1.807) is 13.2 Å². The van der Waals surface area contributed by atoms with Crippen molar-refractivity contribution in [2.75, 3.05) is 33.1 Å². The van der Waals surface area contributed by atoms with E-state index in [9.17, 15) is 18.0 Å². The van der Waals surface area contributed by atoms with Gasteiger partial charge in [-0.15, -0.1) is 0 Å². The molecule has 2 aromatic carbocycles. The zero-order valence-electron chi connectivity index (χ0n) is 18.2. The highest BCUT2D eigenvalue weighted by Gasteiger charge is 2.17. The van der Waals surface area contributed by atoms with Crippen molar-refractivity contribution in [2.24, 2.45) is 4.99 Å². The van der Waals surface area contributed by atoms with Crippen LogP contribution >= 0.6 is 11.3 Å². The van der Waals surface area contributed by atoms with E-state index >= 15 is 0 Å². The van der Waals surface area contributed by atoms with Crippen LogP contribution in [0.1, 0.15) is 17.3 Å². The smallest absolute Gasteiger partial charge is 0.279 e. The first-order chi connectivity index (χ1) is 15.1. The molecule has 0 unspecified atom stereocenters. The van der Waals surface area contributed by atoms with Crippen LogP contribution in [0.3, 0.4) is 0 Å². The van der Waals surface area contributed by atoms with Crippen LogP contribution in [0.15, 0.2) is 52.4 Å². The van der Waals surface area contributed by atoms with Gasteiger partial charge in [-0.05, 0) is 42.5 Å². The number of hydrogen-bond acceptors (Lipinski definition) is 6. The molecular formula is C21H24N4O5S2. The van der Waals surface area contributed by atoms with E-state index in [0.29, 0.717) is 23.6 Å². The molecule has 0 spiro atoms. The Bertz CT molecular complexity index is 1320. The molecule has 0 aliphatic rings. The van der Waals surface area contributed by atoms with Gasteiger partial charge in [-0.2, -0.15) is 4.99 Å². The Labute approximate surface area is 190 Å². The van der Waals surface area contributed by atoms with E-state index in [1.165, 1.54) is 56.6 Å². The first-order valence-corrected chi connectivity index (χ1v) is 11.9. The third-order valence-corrected chi connectivity index (χ3v) is 7.47. The lowest BCUT2D eigenvalue weighted by Crippen LogP contribution is -2.22. The van der Waals surface area contributed by atoms with Gasteiger partial charge in [0.15, 0.2) is 4.80 Å². The van der Waals surface area contributed by atoms with Gasteiger partial charge in [0.1, 0.15) is 0 Å². The van der Waals surface area contributed by atoms with Gasteiger partial charge in [0.05, 0.1) is 21.7 Å². The van der Waals surface area contributed by atoms with Crippen LogP contribution in [-0.4, -0.2) is 56.9 Å². The number of aromatic nitrogens is 1. The van der Waals surface area contributed by atoms with Crippen molar-refractivity contribution in [3.63, 3.8) is 0 Å². The first-order valence-electron chi connectivity index (χ1n) is 9.65. The van der Waals surface area contributed by atoms with E-state index in [-0.39, 0.29) is 16.4 Å². The molecule has 0 bridgehead atoms. The number of nitrogens with zero attached hydrogens (tertiary/aromatic N) is 3. The predicted octanol–water partition coefficient (Wildman–Crippen LogP) is 2.30. The van der Waals surface area contributed by atoms with Crippen molar-refractivity contribution >= 4 is 49.1 Å². The summed E-state index contributed by atoms with van der Waals surface area (Å²) in [7, 11) is 0.904. The lowest BCUT2D eigenvalue weighted by Gasteiger charge is -2.11. The molecule has 0 radical (unpaired) electrons. The number of sulfonamides is 1. The second-order valence-electron chi connectivity index (χ2n) is 7.12. The van der Waals surface area contributed by atoms with Crippen LogP contribution in [-0.2, 0) is 26.1 Å². The van der Waals surface area contributed by atoms with Crippen molar-refractivity contribution in [3.05, 3.63) is 52.8 Å². The number of rotatable bonds is 7. The molecular weight excluding hydrogens is 452 g/mol. The first kappa shape index (κ1) is 23.8. The summed E-state index contributed by atoms with van der Waals surface area (Å²) in [6, 6.07) is 11.2. The van der Waals surface area contributed by atoms with Gasteiger partial charge in [-0.3, -0.25) is 9.59 Å². The monoisotopic (exact) mass is 476 g/mol. The van der Waals surface area contributed by atoms with Crippen molar-refractivity contribution in [3.8, 4) is 0 Å². The number of benzene rings is 2. The molecule has 2 amide bonds. The van der Waals surface area contributed by atoms with Gasteiger partial charge in [-0.25, -0.2) is 12.7 Å². The fourth-order valence-electron chi connectivity index (χ4n) is 2.97. The lowest BCUT2D eigenvalue weighted by molar-refractivity contribution is -0.114. The highest BCUT2D eigenvalue weighted by atomic mass is 32.2. The molecule has 0 aliphatic heterocycles. The largest absolute Gasteiger partial charge is 0.383 e. The van der Waals surface area contributed by atoms with Crippen molar-refractivity contribution < 1.29 is 22.7 Å². The molecule has 3 rings (SSSR count). The Morgan fingerprint density at radius 1 is 1.16 bits per heavy atom. The Morgan fingerprint density at radius 2 is 1.84 bits per heavy atom. The molecule has 0 aliphatic carbocycles. The molecule has 3 aromatic rings. The molecule has 0 saturated heterocycles. The van der Waals surface area contributed by atoms with Crippen LogP contribution in [0.4, 0.5) is 5.69 Å². The maximum atomic E-state index is 12.8. The second-order valence-corrected chi connectivity index (χ2v) is 10.3. The van der Waals surface area contributed by atoms with Crippen molar-refractivity contribution in [1.29, 1.82) is 0 Å². The third-order valence-electron chi connectivity index (χ3n) is 4.60. The minimum Gasteiger partial charge on any atom is -0.383 e. The fraction of sp³-hybridized carbons (Fsp3) is 0.286. The number of ether oxygens (including phenoxy) is 1. The molecule has 0 fully saturated rings. The highest BCUT2D eigenvalue weighted by Crippen LogP contribution is 2.22. The summed E-state index contributed by atoms with van der Waals surface area (Å²) >= 11 is 1.32. The molecule has 1 heterocycles.